The second-order valence-electron chi connectivity index (χ2n) is 9.06. The number of hydrogen-bond acceptors (Lipinski definition) is 6. The zero-order valence-electron chi connectivity index (χ0n) is 19.5. The fourth-order valence-electron chi connectivity index (χ4n) is 2.72. The van der Waals surface area contributed by atoms with Gasteiger partial charge in [0.05, 0.1) is 5.03 Å². The first kappa shape index (κ1) is 23.7. The van der Waals surface area contributed by atoms with Crippen LogP contribution in [0.4, 0.5) is 0 Å². The predicted octanol–water partition coefficient (Wildman–Crippen LogP) is 6.44. The molecule has 0 aliphatic heterocycles. The molecule has 0 amide bonds. The highest BCUT2D eigenvalue weighted by atomic mass is 32.2. The van der Waals surface area contributed by atoms with Crippen molar-refractivity contribution in [1.82, 2.24) is 24.9 Å². The molecule has 0 saturated heterocycles. The maximum Gasteiger partial charge on any atom is 0.135 e. The van der Waals surface area contributed by atoms with Crippen LogP contribution < -0.4 is 0 Å². The van der Waals surface area contributed by atoms with Crippen LogP contribution >= 0.6 is 11.8 Å². The molecule has 29 heavy (non-hydrogen) atoms. The second kappa shape index (κ2) is 10.5. The molecule has 2 heterocycles. The van der Waals surface area contributed by atoms with Crippen molar-refractivity contribution >= 4 is 11.8 Å². The van der Waals surface area contributed by atoms with Gasteiger partial charge >= 0.3 is 0 Å². The third-order valence-corrected chi connectivity index (χ3v) is 5.75. The van der Waals surface area contributed by atoms with Crippen molar-refractivity contribution < 1.29 is 0 Å². The monoisotopic (exact) mass is 415 g/mol. The first-order chi connectivity index (χ1) is 13.6. The fourth-order valence-corrected chi connectivity index (χ4v) is 3.77. The number of aromatic nitrogens is 5. The van der Waals surface area contributed by atoms with E-state index in [0.717, 1.165) is 46.2 Å². The molecule has 0 aliphatic carbocycles. The van der Waals surface area contributed by atoms with E-state index in [1.54, 1.807) is 11.8 Å². The number of thioether (sulfide) groups is 1. The zero-order valence-corrected chi connectivity index (χ0v) is 20.3. The largest absolute Gasteiger partial charge is 0.237 e. The van der Waals surface area contributed by atoms with Crippen LogP contribution in [-0.4, -0.2) is 30.7 Å². The topological polar surface area (TPSA) is 64.5 Å². The highest BCUT2D eigenvalue weighted by Crippen LogP contribution is 2.27. The van der Waals surface area contributed by atoms with E-state index in [1.165, 1.54) is 0 Å². The molecular weight excluding hydrogens is 378 g/mol. The normalized spacial score (nSPS) is 13.1. The van der Waals surface area contributed by atoms with Gasteiger partial charge in [-0.15, -0.1) is 11.8 Å². The molecule has 0 radical (unpaired) electrons. The van der Waals surface area contributed by atoms with E-state index in [1.807, 2.05) is 0 Å². The minimum Gasteiger partial charge on any atom is -0.237 e. The van der Waals surface area contributed by atoms with Crippen molar-refractivity contribution in [2.24, 2.45) is 0 Å². The first-order valence-electron chi connectivity index (χ1n) is 10.9. The smallest absolute Gasteiger partial charge is 0.135 e. The van der Waals surface area contributed by atoms with Crippen LogP contribution in [0.1, 0.15) is 127 Å². The fraction of sp³-hybridized carbons (Fsp3) is 0.696. The summed E-state index contributed by atoms with van der Waals surface area (Å²) in [5.41, 5.74) is 1.12. The van der Waals surface area contributed by atoms with E-state index in [9.17, 15) is 0 Å². The molecule has 0 spiro atoms. The Hall–Kier alpha value is -1.56. The Morgan fingerprint density at radius 1 is 0.621 bits per heavy atom. The molecule has 2 rings (SSSR count). The van der Waals surface area contributed by atoms with Crippen LogP contribution in [0.5, 0.6) is 0 Å². The standard InChI is InChI=1S/C23H37N5S/c1-13(2)18-12-19(25-20(24-18)14(3)4)29-11-10-17(9)23-27-21(15(5)6)26-22(28-23)16(7)8/h12-17H,10-11H2,1-9H3. The van der Waals surface area contributed by atoms with Crippen molar-refractivity contribution in [2.75, 3.05) is 5.75 Å². The maximum absolute atomic E-state index is 4.77. The van der Waals surface area contributed by atoms with Gasteiger partial charge in [0.1, 0.15) is 23.3 Å². The summed E-state index contributed by atoms with van der Waals surface area (Å²) in [5, 5.41) is 1.07. The highest BCUT2D eigenvalue weighted by Gasteiger charge is 2.17. The minimum atomic E-state index is 0.288. The van der Waals surface area contributed by atoms with Crippen molar-refractivity contribution in [2.45, 2.75) is 103 Å². The summed E-state index contributed by atoms with van der Waals surface area (Å²) in [6.45, 7) is 19.4. The summed E-state index contributed by atoms with van der Waals surface area (Å²) in [6, 6.07) is 2.14. The van der Waals surface area contributed by atoms with Crippen LogP contribution in [0.2, 0.25) is 0 Å². The summed E-state index contributed by atoms with van der Waals surface area (Å²) < 4.78 is 0. The summed E-state index contributed by atoms with van der Waals surface area (Å²) in [5.74, 6) is 6.28. The number of nitrogens with zero attached hydrogens (tertiary/aromatic N) is 5. The lowest BCUT2D eigenvalue weighted by molar-refractivity contribution is 0.615. The molecule has 0 aromatic carbocycles. The van der Waals surface area contributed by atoms with Crippen LogP contribution in [0.3, 0.4) is 0 Å². The molecule has 0 aliphatic rings. The van der Waals surface area contributed by atoms with Crippen molar-refractivity contribution in [3.05, 3.63) is 35.1 Å². The Labute approximate surface area is 181 Å². The van der Waals surface area contributed by atoms with Crippen LogP contribution in [0.25, 0.3) is 0 Å². The highest BCUT2D eigenvalue weighted by molar-refractivity contribution is 7.99. The number of rotatable bonds is 9. The van der Waals surface area contributed by atoms with Gasteiger partial charge in [0.25, 0.3) is 0 Å². The average Bonchev–Trinajstić information content (AvgIpc) is 2.67. The Kier molecular flexibility index (Phi) is 8.56. The third-order valence-electron chi connectivity index (χ3n) is 4.81. The maximum atomic E-state index is 4.77. The van der Waals surface area contributed by atoms with Crippen LogP contribution in [0.15, 0.2) is 11.1 Å². The van der Waals surface area contributed by atoms with Gasteiger partial charge in [-0.2, -0.15) is 0 Å². The van der Waals surface area contributed by atoms with Crippen LogP contribution in [-0.2, 0) is 0 Å². The Bertz CT molecular complexity index is 749. The van der Waals surface area contributed by atoms with Gasteiger partial charge in [0.15, 0.2) is 0 Å². The van der Waals surface area contributed by atoms with Gasteiger partial charge < -0.3 is 0 Å². The van der Waals surface area contributed by atoms with Gasteiger partial charge in [-0.05, 0) is 18.4 Å². The van der Waals surface area contributed by atoms with E-state index < -0.39 is 0 Å². The average molecular weight is 416 g/mol. The van der Waals surface area contributed by atoms with E-state index in [-0.39, 0.29) is 5.92 Å². The van der Waals surface area contributed by atoms with Gasteiger partial charge in [-0.1, -0.05) is 62.3 Å². The molecule has 2 aromatic heterocycles. The zero-order chi connectivity index (χ0) is 21.7. The van der Waals surface area contributed by atoms with E-state index in [2.05, 4.69) is 73.4 Å². The summed E-state index contributed by atoms with van der Waals surface area (Å²) in [7, 11) is 0. The minimum absolute atomic E-state index is 0.288. The molecule has 0 bridgehead atoms. The van der Waals surface area contributed by atoms with Gasteiger partial charge in [-0.25, -0.2) is 24.9 Å². The van der Waals surface area contributed by atoms with Crippen LogP contribution in [0, 0.1) is 0 Å². The van der Waals surface area contributed by atoms with Crippen molar-refractivity contribution in [3.63, 3.8) is 0 Å². The second-order valence-corrected chi connectivity index (χ2v) is 10.2. The molecule has 0 N–H and O–H groups in total. The van der Waals surface area contributed by atoms with Crippen molar-refractivity contribution in [3.8, 4) is 0 Å². The van der Waals surface area contributed by atoms with E-state index in [4.69, 9.17) is 19.9 Å². The molecule has 1 atom stereocenters. The Morgan fingerprint density at radius 2 is 1.10 bits per heavy atom. The Balaban J connectivity index is 2.11. The number of hydrogen-bond donors (Lipinski definition) is 0. The molecular formula is C23H37N5S. The lowest BCUT2D eigenvalue weighted by Gasteiger charge is -2.15. The summed E-state index contributed by atoms with van der Waals surface area (Å²) in [4.78, 5) is 23.7. The summed E-state index contributed by atoms with van der Waals surface area (Å²) >= 11 is 1.81. The predicted molar refractivity (Wildman–Crippen MR) is 122 cm³/mol. The molecule has 5 nitrogen and oxygen atoms in total. The molecule has 6 heteroatoms. The first-order valence-corrected chi connectivity index (χ1v) is 11.8. The third kappa shape index (κ3) is 6.73. The quantitative estimate of drug-likeness (QED) is 0.347. The van der Waals surface area contributed by atoms with E-state index >= 15 is 0 Å². The lowest BCUT2D eigenvalue weighted by Crippen LogP contribution is -2.12. The molecule has 0 saturated carbocycles. The lowest BCUT2D eigenvalue weighted by atomic mass is 10.1. The molecule has 2 aromatic rings. The van der Waals surface area contributed by atoms with E-state index in [0.29, 0.717) is 23.7 Å². The van der Waals surface area contributed by atoms with Gasteiger partial charge in [0.2, 0.25) is 0 Å². The molecule has 160 valence electrons. The van der Waals surface area contributed by atoms with Crippen molar-refractivity contribution in [1.29, 1.82) is 0 Å². The molecule has 1 unspecified atom stereocenters. The van der Waals surface area contributed by atoms with Gasteiger partial charge in [0, 0.05) is 35.1 Å². The SMILES string of the molecule is CC(C)c1cc(SCCC(C)c2nc(C(C)C)nc(C(C)C)n2)nc(C(C)C)n1. The Morgan fingerprint density at radius 3 is 1.59 bits per heavy atom. The molecule has 0 fully saturated rings. The van der Waals surface area contributed by atoms with Gasteiger partial charge in [-0.3, -0.25) is 0 Å². The summed E-state index contributed by atoms with van der Waals surface area (Å²) in [6.07, 6.45) is 1.00.